The fourth-order valence-corrected chi connectivity index (χ4v) is 3.92. The van der Waals surface area contributed by atoms with Crippen LogP contribution in [0.4, 0.5) is 4.39 Å². The van der Waals surface area contributed by atoms with Crippen LogP contribution in [0.5, 0.6) is 0 Å². The fourth-order valence-electron chi connectivity index (χ4n) is 3.72. The van der Waals surface area contributed by atoms with Crippen LogP contribution in [0.1, 0.15) is 38.7 Å². The molecule has 1 aliphatic carbocycles. The number of benzene rings is 1. The lowest BCUT2D eigenvalue weighted by molar-refractivity contribution is 0.146. The Labute approximate surface area is 133 Å². The van der Waals surface area contributed by atoms with E-state index in [1.54, 1.807) is 6.07 Å². The summed E-state index contributed by atoms with van der Waals surface area (Å²) in [6, 6.07) is 5.18. The van der Waals surface area contributed by atoms with Crippen molar-refractivity contribution < 1.29 is 4.39 Å². The van der Waals surface area contributed by atoms with E-state index in [0.717, 1.165) is 30.4 Å². The molecule has 21 heavy (non-hydrogen) atoms. The Morgan fingerprint density at radius 1 is 1.29 bits per heavy atom. The average molecular weight is 312 g/mol. The van der Waals surface area contributed by atoms with Gasteiger partial charge in [0.1, 0.15) is 5.82 Å². The molecule has 1 aliphatic rings. The molecule has 2 rings (SSSR count). The molecule has 1 N–H and O–H groups in total. The normalized spacial score (nSPS) is 26.3. The van der Waals surface area contributed by atoms with Gasteiger partial charge in [-0.3, -0.25) is 0 Å². The second kappa shape index (κ2) is 7.60. The standard InChI is InChI=1S/C18H27ClFN/c1-12(2)14-5-6-15(11-21-3)16(10-14)8-13-4-7-18(20)17(19)9-13/h4,7,9,12,14-16,21H,5-6,8,10-11H2,1-3H3. The van der Waals surface area contributed by atoms with E-state index in [2.05, 4.69) is 19.2 Å². The Bertz CT molecular complexity index is 461. The Kier molecular flexibility index (Phi) is 6.07. The van der Waals surface area contributed by atoms with Crippen LogP contribution >= 0.6 is 11.6 Å². The summed E-state index contributed by atoms with van der Waals surface area (Å²) in [6.07, 6.45) is 4.92. The molecule has 0 amide bonds. The van der Waals surface area contributed by atoms with Crippen LogP contribution in [-0.2, 0) is 6.42 Å². The van der Waals surface area contributed by atoms with Gasteiger partial charge in [-0.15, -0.1) is 0 Å². The van der Waals surface area contributed by atoms with Crippen molar-refractivity contribution in [2.75, 3.05) is 13.6 Å². The maximum atomic E-state index is 13.3. The highest BCUT2D eigenvalue weighted by Gasteiger charge is 2.31. The zero-order chi connectivity index (χ0) is 15.4. The SMILES string of the molecule is CNCC1CCC(C(C)C)CC1Cc1ccc(F)c(Cl)c1. The lowest BCUT2D eigenvalue weighted by Gasteiger charge is -2.38. The molecular formula is C18H27ClFN. The summed E-state index contributed by atoms with van der Waals surface area (Å²) in [6.45, 7) is 5.73. The summed E-state index contributed by atoms with van der Waals surface area (Å²) in [5.41, 5.74) is 1.16. The van der Waals surface area contributed by atoms with Gasteiger partial charge in [0.25, 0.3) is 0 Å². The average Bonchev–Trinajstić information content (AvgIpc) is 2.45. The maximum absolute atomic E-state index is 13.3. The number of halogens is 2. The molecule has 1 fully saturated rings. The third kappa shape index (κ3) is 4.43. The van der Waals surface area contributed by atoms with E-state index in [-0.39, 0.29) is 10.8 Å². The summed E-state index contributed by atoms with van der Waals surface area (Å²) in [7, 11) is 2.03. The van der Waals surface area contributed by atoms with Gasteiger partial charge in [-0.2, -0.15) is 0 Å². The summed E-state index contributed by atoms with van der Waals surface area (Å²) in [5.74, 6) is 2.63. The smallest absolute Gasteiger partial charge is 0.141 e. The number of nitrogens with one attached hydrogen (secondary N) is 1. The molecule has 0 spiro atoms. The van der Waals surface area contributed by atoms with Crippen LogP contribution in [0, 0.1) is 29.5 Å². The molecule has 1 saturated carbocycles. The van der Waals surface area contributed by atoms with E-state index in [1.165, 1.54) is 25.3 Å². The first-order valence-electron chi connectivity index (χ1n) is 8.09. The van der Waals surface area contributed by atoms with Gasteiger partial charge < -0.3 is 5.32 Å². The Balaban J connectivity index is 2.09. The Morgan fingerprint density at radius 3 is 2.67 bits per heavy atom. The van der Waals surface area contributed by atoms with Crippen LogP contribution in [-0.4, -0.2) is 13.6 Å². The van der Waals surface area contributed by atoms with Crippen LogP contribution in [0.2, 0.25) is 5.02 Å². The van der Waals surface area contributed by atoms with E-state index >= 15 is 0 Å². The van der Waals surface area contributed by atoms with Crippen molar-refractivity contribution in [1.82, 2.24) is 5.32 Å². The van der Waals surface area contributed by atoms with Gasteiger partial charge >= 0.3 is 0 Å². The molecule has 0 heterocycles. The molecule has 118 valence electrons. The van der Waals surface area contributed by atoms with Gasteiger partial charge in [0, 0.05) is 0 Å². The summed E-state index contributed by atoms with van der Waals surface area (Å²) < 4.78 is 13.3. The lowest BCUT2D eigenvalue weighted by Crippen LogP contribution is -2.34. The molecule has 0 saturated heterocycles. The monoisotopic (exact) mass is 311 g/mol. The van der Waals surface area contributed by atoms with Crippen LogP contribution < -0.4 is 5.32 Å². The second-order valence-electron chi connectivity index (χ2n) is 6.85. The van der Waals surface area contributed by atoms with Crippen LogP contribution in [0.15, 0.2) is 18.2 Å². The van der Waals surface area contributed by atoms with Crippen molar-refractivity contribution in [3.8, 4) is 0 Å². The quantitative estimate of drug-likeness (QED) is 0.813. The van der Waals surface area contributed by atoms with Gasteiger partial charge in [-0.05, 0) is 80.6 Å². The number of rotatable bonds is 5. The zero-order valence-corrected chi connectivity index (χ0v) is 14.1. The van der Waals surface area contributed by atoms with E-state index in [9.17, 15) is 4.39 Å². The minimum Gasteiger partial charge on any atom is -0.319 e. The highest BCUT2D eigenvalue weighted by molar-refractivity contribution is 6.30. The minimum absolute atomic E-state index is 0.244. The van der Waals surface area contributed by atoms with Crippen molar-refractivity contribution in [2.24, 2.45) is 23.7 Å². The van der Waals surface area contributed by atoms with E-state index in [1.807, 2.05) is 13.1 Å². The molecule has 0 aromatic heterocycles. The first-order valence-corrected chi connectivity index (χ1v) is 8.47. The fraction of sp³-hybridized carbons (Fsp3) is 0.667. The number of hydrogen-bond acceptors (Lipinski definition) is 1. The zero-order valence-electron chi connectivity index (χ0n) is 13.3. The molecule has 0 bridgehead atoms. The van der Waals surface area contributed by atoms with Gasteiger partial charge in [0.15, 0.2) is 0 Å². The first-order chi connectivity index (χ1) is 10.0. The van der Waals surface area contributed by atoms with Crippen LogP contribution in [0.3, 0.4) is 0 Å². The van der Waals surface area contributed by atoms with E-state index in [0.29, 0.717) is 11.8 Å². The highest BCUT2D eigenvalue weighted by Crippen LogP contribution is 2.39. The van der Waals surface area contributed by atoms with Crippen molar-refractivity contribution >= 4 is 11.6 Å². The van der Waals surface area contributed by atoms with Crippen molar-refractivity contribution in [3.05, 3.63) is 34.6 Å². The summed E-state index contributed by atoms with van der Waals surface area (Å²) in [5, 5.41) is 3.58. The summed E-state index contributed by atoms with van der Waals surface area (Å²) in [4.78, 5) is 0. The Hall–Kier alpha value is -0.600. The molecular weight excluding hydrogens is 285 g/mol. The van der Waals surface area contributed by atoms with E-state index in [4.69, 9.17) is 11.6 Å². The third-order valence-corrected chi connectivity index (χ3v) is 5.36. The molecule has 3 atom stereocenters. The third-order valence-electron chi connectivity index (χ3n) is 5.07. The van der Waals surface area contributed by atoms with Gasteiger partial charge in [-0.1, -0.05) is 31.5 Å². The highest BCUT2D eigenvalue weighted by atomic mass is 35.5. The lowest BCUT2D eigenvalue weighted by atomic mass is 9.69. The van der Waals surface area contributed by atoms with E-state index < -0.39 is 0 Å². The second-order valence-corrected chi connectivity index (χ2v) is 7.25. The molecule has 1 nitrogen and oxygen atoms in total. The number of hydrogen-bond donors (Lipinski definition) is 1. The largest absolute Gasteiger partial charge is 0.319 e. The Morgan fingerprint density at radius 2 is 2.05 bits per heavy atom. The minimum atomic E-state index is -0.323. The molecule has 1 aromatic carbocycles. The van der Waals surface area contributed by atoms with Gasteiger partial charge in [-0.25, -0.2) is 4.39 Å². The maximum Gasteiger partial charge on any atom is 0.141 e. The van der Waals surface area contributed by atoms with Gasteiger partial charge in [0.2, 0.25) is 0 Å². The predicted octanol–water partition coefficient (Wildman–Crippen LogP) is 4.93. The van der Waals surface area contributed by atoms with Gasteiger partial charge in [0.05, 0.1) is 5.02 Å². The van der Waals surface area contributed by atoms with Crippen molar-refractivity contribution in [3.63, 3.8) is 0 Å². The molecule has 3 unspecified atom stereocenters. The topological polar surface area (TPSA) is 12.0 Å². The molecule has 0 aliphatic heterocycles. The summed E-state index contributed by atoms with van der Waals surface area (Å²) >= 11 is 5.92. The molecule has 0 radical (unpaired) electrons. The van der Waals surface area contributed by atoms with Crippen molar-refractivity contribution in [1.29, 1.82) is 0 Å². The first kappa shape index (κ1) is 16.8. The molecule has 3 heteroatoms. The van der Waals surface area contributed by atoms with Crippen LogP contribution in [0.25, 0.3) is 0 Å². The predicted molar refractivity (Wildman–Crippen MR) is 88.2 cm³/mol. The molecule has 1 aromatic rings. The van der Waals surface area contributed by atoms with Crippen molar-refractivity contribution in [2.45, 2.75) is 39.5 Å².